The molecule has 21 heavy (non-hydrogen) atoms. The van der Waals surface area contributed by atoms with Crippen LogP contribution in [-0.2, 0) is 10.0 Å². The number of hydrogen-bond acceptors (Lipinski definition) is 3. The third-order valence-electron chi connectivity index (χ3n) is 3.18. The molecule has 108 valence electrons. The van der Waals surface area contributed by atoms with E-state index in [-0.39, 0.29) is 4.90 Å². The van der Waals surface area contributed by atoms with Gasteiger partial charge in [-0.05, 0) is 38.1 Å². The Balaban J connectivity index is 2.03. The topological polar surface area (TPSA) is 63.5 Å². The van der Waals surface area contributed by atoms with Gasteiger partial charge < -0.3 is 4.40 Å². The molecular weight excluding hydrogens is 286 g/mol. The van der Waals surface area contributed by atoms with Gasteiger partial charge in [0.15, 0.2) is 5.65 Å². The molecule has 0 atom stereocenters. The fourth-order valence-electron chi connectivity index (χ4n) is 2.14. The van der Waals surface area contributed by atoms with Crippen LogP contribution >= 0.6 is 0 Å². The number of imidazole rings is 1. The van der Waals surface area contributed by atoms with Crippen molar-refractivity contribution in [3.05, 3.63) is 60.0 Å². The van der Waals surface area contributed by atoms with E-state index in [1.165, 1.54) is 0 Å². The van der Waals surface area contributed by atoms with E-state index in [4.69, 9.17) is 0 Å². The Hall–Kier alpha value is -2.34. The second-order valence-electron chi connectivity index (χ2n) is 4.95. The molecule has 0 saturated heterocycles. The van der Waals surface area contributed by atoms with Crippen LogP contribution in [0.5, 0.6) is 0 Å². The third-order valence-corrected chi connectivity index (χ3v) is 4.56. The number of nitrogens with zero attached hydrogens (tertiary/aromatic N) is 2. The first-order chi connectivity index (χ1) is 9.95. The summed E-state index contributed by atoms with van der Waals surface area (Å²) in [6.07, 6.45) is 3.68. The van der Waals surface area contributed by atoms with Gasteiger partial charge in [0.1, 0.15) is 0 Å². The monoisotopic (exact) mass is 301 g/mol. The molecule has 6 heteroatoms. The van der Waals surface area contributed by atoms with Crippen molar-refractivity contribution in [1.29, 1.82) is 0 Å². The minimum atomic E-state index is -3.62. The largest absolute Gasteiger partial charge is 0.305 e. The van der Waals surface area contributed by atoms with Crippen LogP contribution in [0.25, 0.3) is 5.65 Å². The molecule has 0 unspecified atom stereocenters. The van der Waals surface area contributed by atoms with Crippen LogP contribution in [0.1, 0.15) is 11.3 Å². The zero-order chi connectivity index (χ0) is 15.0. The minimum absolute atomic E-state index is 0.235. The second-order valence-corrected chi connectivity index (χ2v) is 6.64. The summed E-state index contributed by atoms with van der Waals surface area (Å²) in [6, 6.07) is 10.2. The lowest BCUT2D eigenvalue weighted by Crippen LogP contribution is -2.13. The molecule has 3 rings (SSSR count). The predicted molar refractivity (Wildman–Crippen MR) is 81.9 cm³/mol. The summed E-state index contributed by atoms with van der Waals surface area (Å²) in [7, 11) is -3.62. The summed E-state index contributed by atoms with van der Waals surface area (Å²) < 4.78 is 29.2. The highest BCUT2D eigenvalue weighted by Gasteiger charge is 2.16. The number of nitrogens with one attached hydrogen (secondary N) is 1. The minimum Gasteiger partial charge on any atom is -0.305 e. The van der Waals surface area contributed by atoms with E-state index in [1.807, 2.05) is 26.2 Å². The molecule has 1 N–H and O–H groups in total. The molecule has 0 aliphatic carbocycles. The number of aryl methyl sites for hydroxylation is 2. The van der Waals surface area contributed by atoms with Gasteiger partial charge in [0, 0.05) is 12.4 Å². The Morgan fingerprint density at radius 2 is 1.81 bits per heavy atom. The van der Waals surface area contributed by atoms with E-state index in [0.29, 0.717) is 11.3 Å². The van der Waals surface area contributed by atoms with Crippen molar-refractivity contribution in [3.63, 3.8) is 0 Å². The van der Waals surface area contributed by atoms with E-state index >= 15 is 0 Å². The lowest BCUT2D eigenvalue weighted by Gasteiger charge is -2.09. The van der Waals surface area contributed by atoms with Crippen molar-refractivity contribution < 1.29 is 8.42 Å². The van der Waals surface area contributed by atoms with E-state index in [2.05, 4.69) is 9.71 Å². The van der Waals surface area contributed by atoms with Crippen LogP contribution in [0, 0.1) is 13.8 Å². The van der Waals surface area contributed by atoms with E-state index in [9.17, 15) is 8.42 Å². The Kier molecular flexibility index (Phi) is 3.17. The van der Waals surface area contributed by atoms with Crippen molar-refractivity contribution in [2.45, 2.75) is 18.7 Å². The van der Waals surface area contributed by atoms with Gasteiger partial charge >= 0.3 is 0 Å². The van der Waals surface area contributed by atoms with E-state index in [0.717, 1.165) is 11.3 Å². The van der Waals surface area contributed by atoms with Crippen LogP contribution in [0.3, 0.4) is 0 Å². The molecule has 1 aromatic carbocycles. The summed E-state index contributed by atoms with van der Waals surface area (Å²) in [4.78, 5) is 4.58. The first-order valence-corrected chi connectivity index (χ1v) is 7.98. The molecule has 0 saturated carbocycles. The molecule has 0 aliphatic rings. The highest BCUT2D eigenvalue weighted by Crippen LogP contribution is 2.20. The average Bonchev–Trinajstić information content (AvgIpc) is 2.80. The number of aromatic nitrogens is 2. The quantitative estimate of drug-likeness (QED) is 0.809. The fraction of sp³-hybridized carbons (Fsp3) is 0.133. The Morgan fingerprint density at radius 1 is 1.10 bits per heavy atom. The molecule has 0 fully saturated rings. The number of sulfonamides is 1. The smallest absolute Gasteiger partial charge is 0.262 e. The van der Waals surface area contributed by atoms with Gasteiger partial charge in [-0.1, -0.05) is 17.7 Å². The van der Waals surface area contributed by atoms with Crippen LogP contribution in [0.15, 0.2) is 53.7 Å². The SMILES string of the molecule is Cc1ccc(S(=O)(=O)Nc2cccn3cc(C)nc23)cc1. The number of anilines is 1. The third kappa shape index (κ3) is 2.62. The molecule has 0 amide bonds. The van der Waals surface area contributed by atoms with Gasteiger partial charge in [-0.15, -0.1) is 0 Å². The van der Waals surface area contributed by atoms with Crippen molar-refractivity contribution >= 4 is 21.4 Å². The maximum atomic E-state index is 12.4. The molecule has 5 nitrogen and oxygen atoms in total. The van der Waals surface area contributed by atoms with E-state index < -0.39 is 10.0 Å². The van der Waals surface area contributed by atoms with Crippen LogP contribution in [0.2, 0.25) is 0 Å². The van der Waals surface area contributed by atoms with E-state index in [1.54, 1.807) is 40.8 Å². The van der Waals surface area contributed by atoms with Crippen molar-refractivity contribution in [2.24, 2.45) is 0 Å². The second kappa shape index (κ2) is 4.89. The number of hydrogen-bond donors (Lipinski definition) is 1. The molecule has 2 heterocycles. The van der Waals surface area contributed by atoms with Crippen LogP contribution in [-0.4, -0.2) is 17.8 Å². The number of benzene rings is 1. The summed E-state index contributed by atoms with van der Waals surface area (Å²) >= 11 is 0. The molecule has 0 spiro atoms. The average molecular weight is 301 g/mol. The highest BCUT2D eigenvalue weighted by atomic mass is 32.2. The molecule has 2 aromatic heterocycles. The van der Waals surface area contributed by atoms with Crippen molar-refractivity contribution in [3.8, 4) is 0 Å². The highest BCUT2D eigenvalue weighted by molar-refractivity contribution is 7.92. The van der Waals surface area contributed by atoms with Gasteiger partial charge in [0.25, 0.3) is 10.0 Å². The van der Waals surface area contributed by atoms with Crippen LogP contribution < -0.4 is 4.72 Å². The Morgan fingerprint density at radius 3 is 2.52 bits per heavy atom. The molecule has 0 radical (unpaired) electrons. The van der Waals surface area contributed by atoms with Gasteiger partial charge in [-0.2, -0.15) is 0 Å². The summed E-state index contributed by atoms with van der Waals surface area (Å²) in [5.74, 6) is 0. The number of rotatable bonds is 3. The van der Waals surface area contributed by atoms with Crippen molar-refractivity contribution in [2.75, 3.05) is 4.72 Å². The van der Waals surface area contributed by atoms with Crippen molar-refractivity contribution in [1.82, 2.24) is 9.38 Å². The van der Waals surface area contributed by atoms with Crippen LogP contribution in [0.4, 0.5) is 5.69 Å². The van der Waals surface area contributed by atoms with Gasteiger partial charge in [0.05, 0.1) is 16.3 Å². The van der Waals surface area contributed by atoms with Gasteiger partial charge in [0.2, 0.25) is 0 Å². The fourth-order valence-corrected chi connectivity index (χ4v) is 3.20. The van der Waals surface area contributed by atoms with Gasteiger partial charge in [-0.25, -0.2) is 13.4 Å². The summed E-state index contributed by atoms with van der Waals surface area (Å²) in [5.41, 5.74) is 2.90. The van der Waals surface area contributed by atoms with Gasteiger partial charge in [-0.3, -0.25) is 4.72 Å². The Bertz CT molecular complexity index is 896. The zero-order valence-corrected chi connectivity index (χ0v) is 12.6. The maximum absolute atomic E-state index is 12.4. The predicted octanol–water partition coefficient (Wildman–Crippen LogP) is 2.75. The zero-order valence-electron chi connectivity index (χ0n) is 11.7. The maximum Gasteiger partial charge on any atom is 0.262 e. The lowest BCUT2D eigenvalue weighted by atomic mass is 10.2. The number of pyridine rings is 1. The Labute approximate surface area is 123 Å². The first-order valence-electron chi connectivity index (χ1n) is 6.49. The normalized spacial score (nSPS) is 11.7. The molecule has 0 bridgehead atoms. The lowest BCUT2D eigenvalue weighted by molar-refractivity contribution is 0.601. The molecule has 0 aliphatic heterocycles. The summed E-state index contributed by atoms with van der Waals surface area (Å²) in [6.45, 7) is 3.78. The number of fused-ring (bicyclic) bond motifs is 1. The standard InChI is InChI=1S/C15H15N3O2S/c1-11-5-7-13(8-6-11)21(19,20)17-14-4-3-9-18-10-12(2)16-15(14)18/h3-10,17H,1-2H3. The summed E-state index contributed by atoms with van der Waals surface area (Å²) in [5, 5.41) is 0. The molecule has 3 aromatic rings. The molecular formula is C15H15N3O2S. The first kappa shape index (κ1) is 13.6.